The van der Waals surface area contributed by atoms with Gasteiger partial charge in [0.2, 0.25) is 0 Å². The summed E-state index contributed by atoms with van der Waals surface area (Å²) in [5, 5.41) is 21.6. The van der Waals surface area contributed by atoms with Gasteiger partial charge in [-0.25, -0.2) is 4.79 Å². The molecule has 0 amide bonds. The molecule has 0 radical (unpaired) electrons. The number of nitrogens with one attached hydrogen (secondary N) is 1. The predicted octanol–water partition coefficient (Wildman–Crippen LogP) is 3.39. The molecule has 0 spiro atoms. The predicted molar refractivity (Wildman–Crippen MR) is 76.2 cm³/mol. The normalized spacial score (nSPS) is 11.8. The summed E-state index contributed by atoms with van der Waals surface area (Å²) in [6.45, 7) is 0. The molecule has 2 rings (SSSR count). The number of rotatable bonds is 4. The van der Waals surface area contributed by atoms with Crippen LogP contribution in [0.15, 0.2) is 53.0 Å². The van der Waals surface area contributed by atoms with Crippen LogP contribution in [0.2, 0.25) is 0 Å². The van der Waals surface area contributed by atoms with E-state index >= 15 is 0 Å². The fraction of sp³-hybridized carbons (Fsp3) is 0.0714. The van der Waals surface area contributed by atoms with Crippen LogP contribution >= 0.6 is 15.9 Å². The first-order chi connectivity index (χ1) is 9.06. The van der Waals surface area contributed by atoms with Crippen LogP contribution in [0.25, 0.3) is 0 Å². The second kappa shape index (κ2) is 5.75. The van der Waals surface area contributed by atoms with Gasteiger partial charge in [0.05, 0.1) is 0 Å². The highest BCUT2D eigenvalue weighted by Gasteiger charge is 2.19. The van der Waals surface area contributed by atoms with E-state index in [0.717, 1.165) is 4.47 Å². The summed E-state index contributed by atoms with van der Waals surface area (Å²) in [7, 11) is 0. The standard InChI is InChI=1S/C14H12BrNO3/c15-10-4-6-11(7-5-10)16-13(14(18)19)9-2-1-3-12(17)8-9/h1-8,13,16-17H,(H,18,19). The lowest BCUT2D eigenvalue weighted by molar-refractivity contribution is -0.138. The van der Waals surface area contributed by atoms with Gasteiger partial charge in [0.1, 0.15) is 5.75 Å². The maximum Gasteiger partial charge on any atom is 0.330 e. The molecule has 0 aliphatic heterocycles. The number of carboxylic acids is 1. The highest BCUT2D eigenvalue weighted by atomic mass is 79.9. The molecule has 0 bridgehead atoms. The average Bonchev–Trinajstić information content (AvgIpc) is 2.37. The van der Waals surface area contributed by atoms with Gasteiger partial charge in [-0.1, -0.05) is 28.1 Å². The number of aliphatic carboxylic acids is 1. The second-order valence-electron chi connectivity index (χ2n) is 4.02. The van der Waals surface area contributed by atoms with E-state index in [1.54, 1.807) is 24.3 Å². The quantitative estimate of drug-likeness (QED) is 0.807. The highest BCUT2D eigenvalue weighted by molar-refractivity contribution is 9.10. The molecule has 2 aromatic carbocycles. The number of anilines is 1. The van der Waals surface area contributed by atoms with Gasteiger partial charge in [-0.15, -0.1) is 0 Å². The Labute approximate surface area is 118 Å². The third-order valence-electron chi connectivity index (χ3n) is 2.61. The van der Waals surface area contributed by atoms with Crippen molar-refractivity contribution in [2.75, 3.05) is 5.32 Å². The van der Waals surface area contributed by atoms with Gasteiger partial charge in [-0.05, 0) is 42.0 Å². The molecule has 19 heavy (non-hydrogen) atoms. The molecule has 3 N–H and O–H groups in total. The Hall–Kier alpha value is -2.01. The molecule has 4 nitrogen and oxygen atoms in total. The molecular weight excluding hydrogens is 310 g/mol. The number of hydrogen-bond acceptors (Lipinski definition) is 3. The average molecular weight is 322 g/mol. The molecule has 0 aliphatic carbocycles. The zero-order chi connectivity index (χ0) is 13.8. The Kier molecular flexibility index (Phi) is 4.06. The van der Waals surface area contributed by atoms with Gasteiger partial charge >= 0.3 is 5.97 Å². The summed E-state index contributed by atoms with van der Waals surface area (Å²) in [4.78, 5) is 11.3. The third-order valence-corrected chi connectivity index (χ3v) is 3.13. The van der Waals surface area contributed by atoms with Crippen molar-refractivity contribution < 1.29 is 15.0 Å². The topological polar surface area (TPSA) is 69.6 Å². The van der Waals surface area contributed by atoms with Crippen molar-refractivity contribution in [2.45, 2.75) is 6.04 Å². The van der Waals surface area contributed by atoms with Crippen LogP contribution in [0, 0.1) is 0 Å². The molecule has 0 heterocycles. The van der Waals surface area contributed by atoms with Crippen molar-refractivity contribution in [1.29, 1.82) is 0 Å². The molecule has 2 aromatic rings. The van der Waals surface area contributed by atoms with E-state index in [2.05, 4.69) is 21.2 Å². The first kappa shape index (κ1) is 13.4. The maximum atomic E-state index is 11.3. The minimum absolute atomic E-state index is 0.0429. The van der Waals surface area contributed by atoms with Gasteiger partial charge in [0, 0.05) is 10.2 Å². The van der Waals surface area contributed by atoms with Crippen LogP contribution in [0.4, 0.5) is 5.69 Å². The molecule has 0 saturated carbocycles. The number of carboxylic acid groups (broad SMARTS) is 1. The summed E-state index contributed by atoms with van der Waals surface area (Å²) >= 11 is 3.32. The second-order valence-corrected chi connectivity index (χ2v) is 4.93. The van der Waals surface area contributed by atoms with Crippen molar-refractivity contribution in [3.8, 4) is 5.75 Å². The molecule has 1 unspecified atom stereocenters. The van der Waals surface area contributed by atoms with Crippen molar-refractivity contribution in [1.82, 2.24) is 0 Å². The molecular formula is C14H12BrNO3. The largest absolute Gasteiger partial charge is 0.508 e. The Morgan fingerprint density at radius 2 is 1.84 bits per heavy atom. The van der Waals surface area contributed by atoms with E-state index in [1.165, 1.54) is 12.1 Å². The summed E-state index contributed by atoms with van der Waals surface area (Å²) in [5.41, 5.74) is 1.19. The minimum atomic E-state index is -1.01. The number of benzene rings is 2. The first-order valence-electron chi connectivity index (χ1n) is 5.60. The van der Waals surface area contributed by atoms with Gasteiger partial charge in [-0.3, -0.25) is 0 Å². The number of phenols is 1. The first-order valence-corrected chi connectivity index (χ1v) is 6.39. The van der Waals surface area contributed by atoms with E-state index in [0.29, 0.717) is 11.3 Å². The lowest BCUT2D eigenvalue weighted by Gasteiger charge is -2.16. The van der Waals surface area contributed by atoms with Crippen LogP contribution in [-0.2, 0) is 4.79 Å². The lowest BCUT2D eigenvalue weighted by atomic mass is 10.1. The van der Waals surface area contributed by atoms with Crippen LogP contribution in [-0.4, -0.2) is 16.2 Å². The van der Waals surface area contributed by atoms with Gasteiger partial charge in [0.15, 0.2) is 6.04 Å². The van der Waals surface area contributed by atoms with Crippen molar-refractivity contribution >= 4 is 27.6 Å². The number of carbonyl (C=O) groups is 1. The minimum Gasteiger partial charge on any atom is -0.508 e. The van der Waals surface area contributed by atoms with Gasteiger partial charge < -0.3 is 15.5 Å². The van der Waals surface area contributed by atoms with E-state index in [9.17, 15) is 15.0 Å². The van der Waals surface area contributed by atoms with Gasteiger partial charge in [0.25, 0.3) is 0 Å². The van der Waals surface area contributed by atoms with Crippen LogP contribution in [0.1, 0.15) is 11.6 Å². The SMILES string of the molecule is O=C(O)C(Nc1ccc(Br)cc1)c1cccc(O)c1. The fourth-order valence-corrected chi connectivity index (χ4v) is 1.97. The van der Waals surface area contributed by atoms with Crippen LogP contribution in [0.3, 0.4) is 0 Å². The van der Waals surface area contributed by atoms with Crippen molar-refractivity contribution in [3.05, 3.63) is 58.6 Å². The summed E-state index contributed by atoms with van der Waals surface area (Å²) in [5.74, 6) is -0.963. The van der Waals surface area contributed by atoms with Crippen LogP contribution < -0.4 is 5.32 Å². The van der Waals surface area contributed by atoms with Crippen LogP contribution in [0.5, 0.6) is 5.75 Å². The van der Waals surface area contributed by atoms with Crippen molar-refractivity contribution in [2.24, 2.45) is 0 Å². The summed E-state index contributed by atoms with van der Waals surface area (Å²) in [6, 6.07) is 12.5. The number of phenolic OH excluding ortho intramolecular Hbond substituents is 1. The molecule has 0 fully saturated rings. The molecule has 1 atom stereocenters. The summed E-state index contributed by atoms with van der Waals surface area (Å²) in [6.07, 6.45) is 0. The molecule has 0 aromatic heterocycles. The number of aromatic hydroxyl groups is 1. The number of hydrogen-bond donors (Lipinski definition) is 3. The zero-order valence-corrected chi connectivity index (χ0v) is 11.5. The molecule has 0 aliphatic rings. The Balaban J connectivity index is 2.26. The van der Waals surface area contributed by atoms with Crippen molar-refractivity contribution in [3.63, 3.8) is 0 Å². The Bertz CT molecular complexity index is 583. The van der Waals surface area contributed by atoms with E-state index in [1.807, 2.05) is 12.1 Å². The Morgan fingerprint density at radius 1 is 1.16 bits per heavy atom. The third kappa shape index (κ3) is 3.48. The van der Waals surface area contributed by atoms with E-state index in [4.69, 9.17) is 0 Å². The summed E-state index contributed by atoms with van der Waals surface area (Å²) < 4.78 is 0.919. The smallest absolute Gasteiger partial charge is 0.330 e. The van der Waals surface area contributed by atoms with E-state index < -0.39 is 12.0 Å². The highest BCUT2D eigenvalue weighted by Crippen LogP contribution is 2.24. The molecule has 5 heteroatoms. The monoisotopic (exact) mass is 321 g/mol. The van der Waals surface area contributed by atoms with Gasteiger partial charge in [-0.2, -0.15) is 0 Å². The number of halogens is 1. The fourth-order valence-electron chi connectivity index (χ4n) is 1.70. The zero-order valence-electron chi connectivity index (χ0n) is 9.88. The Morgan fingerprint density at radius 3 is 2.42 bits per heavy atom. The lowest BCUT2D eigenvalue weighted by Crippen LogP contribution is -2.20. The molecule has 98 valence electrons. The molecule has 0 saturated heterocycles. The maximum absolute atomic E-state index is 11.3. The van der Waals surface area contributed by atoms with E-state index in [-0.39, 0.29) is 5.75 Å².